The van der Waals surface area contributed by atoms with E-state index in [4.69, 9.17) is 5.11 Å². The van der Waals surface area contributed by atoms with Crippen molar-refractivity contribution in [1.29, 1.82) is 0 Å². The van der Waals surface area contributed by atoms with Gasteiger partial charge in [-0.2, -0.15) is 0 Å². The van der Waals surface area contributed by atoms with Gasteiger partial charge in [0.1, 0.15) is 10.6 Å². The average molecular weight is 401 g/mol. The largest absolute Gasteiger partial charge is 0.475 e. The van der Waals surface area contributed by atoms with Crippen LogP contribution in [0.1, 0.15) is 51.9 Å². The van der Waals surface area contributed by atoms with Crippen LogP contribution >= 0.6 is 11.3 Å². The Hall–Kier alpha value is -2.58. The van der Waals surface area contributed by atoms with Gasteiger partial charge < -0.3 is 15.4 Å². The van der Waals surface area contributed by atoms with E-state index >= 15 is 0 Å². The number of aromatic amines is 1. The zero-order chi connectivity index (χ0) is 19.7. The highest BCUT2D eigenvalue weighted by molar-refractivity contribution is 7.18. The molecule has 1 atom stereocenters. The van der Waals surface area contributed by atoms with E-state index in [1.165, 1.54) is 28.7 Å². The van der Waals surface area contributed by atoms with Crippen molar-refractivity contribution in [3.05, 3.63) is 62.3 Å². The number of nitrogens with one attached hydrogen (secondary N) is 2. The van der Waals surface area contributed by atoms with Crippen LogP contribution in [-0.2, 0) is 12.8 Å². The summed E-state index contributed by atoms with van der Waals surface area (Å²) in [5.74, 6) is -1.62. The molecule has 28 heavy (non-hydrogen) atoms. The number of H-pyrrole nitrogens is 1. The van der Waals surface area contributed by atoms with Gasteiger partial charge in [-0.3, -0.25) is 4.79 Å². The lowest BCUT2D eigenvalue weighted by atomic mass is 10.1. The summed E-state index contributed by atoms with van der Waals surface area (Å²) in [6, 6.07) is 7.22. The number of aryl methyl sites for hydroxylation is 2. The van der Waals surface area contributed by atoms with Crippen molar-refractivity contribution < 1.29 is 14.3 Å². The summed E-state index contributed by atoms with van der Waals surface area (Å²) in [5.41, 5.74) is 1.81. The molecule has 146 valence electrons. The van der Waals surface area contributed by atoms with E-state index in [1.54, 1.807) is 12.1 Å². The zero-order valence-electron chi connectivity index (χ0n) is 15.1. The van der Waals surface area contributed by atoms with Gasteiger partial charge in [-0.05, 0) is 61.9 Å². The normalized spacial score (nSPS) is 18.0. The molecule has 3 heterocycles. The minimum Gasteiger partial charge on any atom is -0.475 e. The second-order valence-electron chi connectivity index (χ2n) is 6.96. The first kappa shape index (κ1) is 18.8. The SMILES string of the molecule is Fc1cccc(C2CCCN2)c1.O=C(O)c1nc2sc3c(c2c(=O)[nH]1)CCC3. The van der Waals surface area contributed by atoms with Crippen molar-refractivity contribution in [2.24, 2.45) is 0 Å². The molecule has 6 nitrogen and oxygen atoms in total. The van der Waals surface area contributed by atoms with Crippen molar-refractivity contribution in [1.82, 2.24) is 15.3 Å². The first-order valence-corrected chi connectivity index (χ1v) is 10.1. The summed E-state index contributed by atoms with van der Waals surface area (Å²) in [5, 5.41) is 12.7. The van der Waals surface area contributed by atoms with Crippen molar-refractivity contribution in [2.45, 2.75) is 38.1 Å². The van der Waals surface area contributed by atoms with Crippen molar-refractivity contribution in [3.8, 4) is 0 Å². The number of fused-ring (bicyclic) bond motifs is 3. The van der Waals surface area contributed by atoms with Crippen molar-refractivity contribution >= 4 is 27.5 Å². The van der Waals surface area contributed by atoms with E-state index < -0.39 is 5.97 Å². The molecule has 0 bridgehead atoms. The number of hydrogen-bond donors (Lipinski definition) is 3. The Morgan fingerprint density at radius 2 is 2.14 bits per heavy atom. The number of halogens is 1. The molecular formula is C20H20FN3O3S. The molecule has 1 aliphatic carbocycles. The molecule has 1 aliphatic heterocycles. The van der Waals surface area contributed by atoms with Crippen LogP contribution in [0.5, 0.6) is 0 Å². The Balaban J connectivity index is 0.000000143. The third-order valence-electron chi connectivity index (χ3n) is 5.09. The minimum atomic E-state index is -1.20. The van der Waals surface area contributed by atoms with Crippen LogP contribution in [0.4, 0.5) is 4.39 Å². The molecule has 1 aromatic carbocycles. The monoisotopic (exact) mass is 401 g/mol. The molecule has 3 aromatic rings. The van der Waals surface area contributed by atoms with Gasteiger partial charge in [0.15, 0.2) is 0 Å². The molecule has 0 saturated carbocycles. The van der Waals surface area contributed by atoms with Crippen LogP contribution < -0.4 is 10.9 Å². The lowest BCUT2D eigenvalue weighted by Gasteiger charge is -2.09. The van der Waals surface area contributed by atoms with Gasteiger partial charge in [-0.25, -0.2) is 14.2 Å². The lowest BCUT2D eigenvalue weighted by Crippen LogP contribution is -2.15. The number of carboxylic acid groups (broad SMARTS) is 1. The van der Waals surface area contributed by atoms with Gasteiger partial charge in [0.25, 0.3) is 5.56 Å². The fourth-order valence-corrected chi connectivity index (χ4v) is 5.06. The maximum Gasteiger partial charge on any atom is 0.372 e. The summed E-state index contributed by atoms with van der Waals surface area (Å²) < 4.78 is 12.8. The van der Waals surface area contributed by atoms with Gasteiger partial charge >= 0.3 is 5.97 Å². The summed E-state index contributed by atoms with van der Waals surface area (Å²) in [6.07, 6.45) is 5.26. The quantitative estimate of drug-likeness (QED) is 0.612. The smallest absolute Gasteiger partial charge is 0.372 e. The molecule has 1 saturated heterocycles. The number of nitrogens with zero attached hydrogens (tertiary/aromatic N) is 1. The molecule has 8 heteroatoms. The fraction of sp³-hybridized carbons (Fsp3) is 0.350. The second kappa shape index (κ2) is 7.81. The Morgan fingerprint density at radius 1 is 1.29 bits per heavy atom. The maximum atomic E-state index is 12.8. The van der Waals surface area contributed by atoms with E-state index in [-0.39, 0.29) is 17.2 Å². The Bertz CT molecular complexity index is 1090. The van der Waals surface area contributed by atoms with E-state index in [0.29, 0.717) is 16.3 Å². The number of rotatable bonds is 2. The van der Waals surface area contributed by atoms with Gasteiger partial charge in [0, 0.05) is 10.9 Å². The third-order valence-corrected chi connectivity index (χ3v) is 6.27. The molecule has 0 amide bonds. The van der Waals surface area contributed by atoms with Crippen molar-refractivity contribution in [2.75, 3.05) is 6.54 Å². The predicted molar refractivity (Wildman–Crippen MR) is 106 cm³/mol. The van der Waals surface area contributed by atoms with E-state index in [1.807, 2.05) is 6.07 Å². The molecule has 3 N–H and O–H groups in total. The third kappa shape index (κ3) is 3.70. The van der Waals surface area contributed by atoms with E-state index in [9.17, 15) is 14.0 Å². The average Bonchev–Trinajstić information content (AvgIpc) is 3.39. The minimum absolute atomic E-state index is 0.138. The topological polar surface area (TPSA) is 95.1 Å². The molecule has 1 unspecified atom stereocenters. The number of aromatic nitrogens is 2. The number of thiophene rings is 1. The predicted octanol–water partition coefficient (Wildman–Crippen LogP) is 3.42. The number of carbonyl (C=O) groups is 1. The fourth-order valence-electron chi connectivity index (χ4n) is 3.80. The van der Waals surface area contributed by atoms with Crippen molar-refractivity contribution in [3.63, 3.8) is 0 Å². The number of hydrogen-bond acceptors (Lipinski definition) is 5. The Kier molecular flexibility index (Phi) is 5.23. The first-order valence-electron chi connectivity index (χ1n) is 9.29. The summed E-state index contributed by atoms with van der Waals surface area (Å²) in [7, 11) is 0. The molecule has 2 aliphatic rings. The molecule has 5 rings (SSSR count). The number of aromatic carboxylic acids is 1. The highest BCUT2D eigenvalue weighted by Crippen LogP contribution is 2.34. The van der Waals surface area contributed by atoms with Gasteiger partial charge in [0.2, 0.25) is 5.82 Å². The maximum absolute atomic E-state index is 12.8. The lowest BCUT2D eigenvalue weighted by molar-refractivity contribution is 0.0683. The first-order chi connectivity index (χ1) is 13.5. The van der Waals surface area contributed by atoms with Crippen LogP contribution in [0.15, 0.2) is 29.1 Å². The van der Waals surface area contributed by atoms with Gasteiger partial charge in [-0.15, -0.1) is 11.3 Å². The van der Waals surface area contributed by atoms with Gasteiger partial charge in [0.05, 0.1) is 5.39 Å². The molecular weight excluding hydrogens is 381 g/mol. The summed E-state index contributed by atoms with van der Waals surface area (Å²) >= 11 is 1.44. The molecule has 0 radical (unpaired) electrons. The highest BCUT2D eigenvalue weighted by Gasteiger charge is 2.22. The molecule has 2 aromatic heterocycles. The number of carboxylic acids is 1. The number of benzene rings is 1. The van der Waals surface area contributed by atoms with Crippen LogP contribution in [0.3, 0.4) is 0 Å². The Labute approximate surface area is 164 Å². The van der Waals surface area contributed by atoms with E-state index in [2.05, 4.69) is 15.3 Å². The summed E-state index contributed by atoms with van der Waals surface area (Å²) in [4.78, 5) is 30.5. The van der Waals surface area contributed by atoms with E-state index in [0.717, 1.165) is 43.4 Å². The van der Waals surface area contributed by atoms with Crippen LogP contribution in [-0.4, -0.2) is 27.6 Å². The van der Waals surface area contributed by atoms with Crippen LogP contribution in [0, 0.1) is 5.82 Å². The molecule has 0 spiro atoms. The van der Waals surface area contributed by atoms with Crippen LogP contribution in [0.2, 0.25) is 0 Å². The zero-order valence-corrected chi connectivity index (χ0v) is 15.9. The standard InChI is InChI=1S/C10H12FN.C10H8N2O3S/c11-9-4-1-3-8(7-9)10-5-2-6-12-10;13-8-6-4-2-1-3-5(4)16-9(6)12-7(11-8)10(14)15/h1,3-4,7,10,12H,2,5-6H2;1-3H2,(H,14,15)(H,11,12,13). The van der Waals surface area contributed by atoms with Gasteiger partial charge in [-0.1, -0.05) is 12.1 Å². The molecule has 1 fully saturated rings. The van der Waals surface area contributed by atoms with Crippen LogP contribution in [0.25, 0.3) is 10.2 Å². The summed E-state index contributed by atoms with van der Waals surface area (Å²) in [6.45, 7) is 1.06. The Morgan fingerprint density at radius 3 is 2.86 bits per heavy atom. The second-order valence-corrected chi connectivity index (χ2v) is 8.04. The highest BCUT2D eigenvalue weighted by atomic mass is 32.1.